The SMILES string of the molecule is CCOC(=O)Nc1ccc(C(=O)N(CCCN(CC)CC)C(C(N)=O)(C2CCCCC2)C2CCCCC2)cc1.O.O=C(O)C(=O)O. The number of ether oxygens (including phenoxy) is 1. The molecule has 260 valence electrons. The lowest BCUT2D eigenvalue weighted by molar-refractivity contribution is -0.159. The summed E-state index contributed by atoms with van der Waals surface area (Å²) in [6, 6.07) is 6.89. The van der Waals surface area contributed by atoms with E-state index in [0.717, 1.165) is 77.4 Å². The number of hydrogen-bond acceptors (Lipinski definition) is 7. The van der Waals surface area contributed by atoms with Gasteiger partial charge in [0.25, 0.3) is 5.91 Å². The molecule has 2 fully saturated rings. The topological polar surface area (TPSA) is 211 Å². The van der Waals surface area contributed by atoms with Gasteiger partial charge in [-0.15, -0.1) is 0 Å². The standard InChI is InChI=1S/C31H50N4O4.C2H2O4.H2O/c1-4-34(5-2)22-13-23-35(28(36)24-18-20-27(21-19-24)33-30(38)39-6-3)31(29(32)37,25-14-9-7-10-15-25)26-16-11-8-12-17-26;3-1(4)2(5)6;/h18-21,25-26H,4-17,22-23H2,1-3H3,(H2,32,37)(H,33,38);(H,3,4)(H,5,6);1H2. The van der Waals surface area contributed by atoms with Crippen LogP contribution in [0.5, 0.6) is 0 Å². The molecule has 2 aliphatic rings. The second kappa shape index (κ2) is 20.4. The Bertz CT molecular complexity index is 1080. The number of anilines is 1. The lowest BCUT2D eigenvalue weighted by Crippen LogP contribution is -2.68. The minimum atomic E-state index is -1.82. The maximum atomic E-state index is 14.4. The molecule has 7 N–H and O–H groups in total. The summed E-state index contributed by atoms with van der Waals surface area (Å²) in [5.41, 5.74) is 6.51. The van der Waals surface area contributed by atoms with Crippen molar-refractivity contribution in [1.82, 2.24) is 9.80 Å². The summed E-state index contributed by atoms with van der Waals surface area (Å²) in [7, 11) is 0. The third kappa shape index (κ3) is 11.0. The highest BCUT2D eigenvalue weighted by molar-refractivity contribution is 6.27. The van der Waals surface area contributed by atoms with Gasteiger partial charge in [-0.2, -0.15) is 0 Å². The van der Waals surface area contributed by atoms with Gasteiger partial charge >= 0.3 is 18.0 Å². The van der Waals surface area contributed by atoms with E-state index in [1.807, 2.05) is 4.90 Å². The molecule has 1 aromatic rings. The van der Waals surface area contributed by atoms with Gasteiger partial charge in [0.05, 0.1) is 6.61 Å². The predicted molar refractivity (Wildman–Crippen MR) is 174 cm³/mol. The Hall–Kier alpha value is -3.71. The van der Waals surface area contributed by atoms with Gasteiger partial charge in [0.15, 0.2) is 0 Å². The second-order valence-electron chi connectivity index (χ2n) is 11.7. The molecule has 2 aliphatic carbocycles. The van der Waals surface area contributed by atoms with Gasteiger partial charge in [0.2, 0.25) is 5.91 Å². The van der Waals surface area contributed by atoms with E-state index in [9.17, 15) is 14.4 Å². The van der Waals surface area contributed by atoms with Crippen LogP contribution < -0.4 is 11.1 Å². The zero-order valence-corrected chi connectivity index (χ0v) is 27.6. The quantitative estimate of drug-likeness (QED) is 0.226. The number of carboxylic acids is 2. The average molecular weight is 651 g/mol. The molecular weight excluding hydrogens is 596 g/mol. The van der Waals surface area contributed by atoms with Crippen molar-refractivity contribution < 1.29 is 44.4 Å². The van der Waals surface area contributed by atoms with E-state index >= 15 is 0 Å². The molecule has 3 amide bonds. The molecule has 0 radical (unpaired) electrons. The Balaban J connectivity index is 0.00000138. The van der Waals surface area contributed by atoms with E-state index in [-0.39, 0.29) is 35.7 Å². The smallest absolute Gasteiger partial charge is 0.414 e. The number of nitrogens with zero attached hydrogens (tertiary/aromatic N) is 2. The Labute approximate surface area is 272 Å². The molecule has 0 saturated heterocycles. The fourth-order valence-corrected chi connectivity index (χ4v) is 6.98. The molecule has 46 heavy (non-hydrogen) atoms. The van der Waals surface area contributed by atoms with Gasteiger partial charge in [0, 0.05) is 17.8 Å². The van der Waals surface area contributed by atoms with Crippen LogP contribution in [-0.4, -0.2) is 93.7 Å². The molecule has 1 aromatic carbocycles. The van der Waals surface area contributed by atoms with Crippen molar-refractivity contribution in [3.05, 3.63) is 29.8 Å². The number of primary amides is 1. The summed E-state index contributed by atoms with van der Waals surface area (Å²) in [5.74, 6) is -3.97. The molecule has 0 spiro atoms. The van der Waals surface area contributed by atoms with Crippen molar-refractivity contribution in [1.29, 1.82) is 0 Å². The number of carboxylic acid groups (broad SMARTS) is 2. The zero-order chi connectivity index (χ0) is 33.4. The first kappa shape index (κ1) is 40.3. The number of carbonyl (C=O) groups is 5. The molecule has 13 nitrogen and oxygen atoms in total. The summed E-state index contributed by atoms with van der Waals surface area (Å²) in [5, 5.41) is 17.5. The summed E-state index contributed by atoms with van der Waals surface area (Å²) in [4.78, 5) is 62.5. The second-order valence-corrected chi connectivity index (χ2v) is 11.7. The van der Waals surface area contributed by atoms with Crippen molar-refractivity contribution in [3.8, 4) is 0 Å². The number of aliphatic carboxylic acids is 2. The third-order valence-corrected chi connectivity index (χ3v) is 9.13. The van der Waals surface area contributed by atoms with E-state index in [1.54, 1.807) is 31.2 Å². The van der Waals surface area contributed by atoms with Crippen LogP contribution in [0.1, 0.15) is 102 Å². The molecular formula is C33H54N4O9. The first-order valence-electron chi connectivity index (χ1n) is 16.4. The monoisotopic (exact) mass is 650 g/mol. The van der Waals surface area contributed by atoms with Crippen molar-refractivity contribution in [2.24, 2.45) is 17.6 Å². The third-order valence-electron chi connectivity index (χ3n) is 9.13. The Morgan fingerprint density at radius 3 is 1.70 bits per heavy atom. The summed E-state index contributed by atoms with van der Waals surface area (Å²) < 4.78 is 4.97. The molecule has 3 rings (SSSR count). The number of carbonyl (C=O) groups excluding carboxylic acids is 3. The Morgan fingerprint density at radius 1 is 0.826 bits per heavy atom. The van der Waals surface area contributed by atoms with Crippen LogP contribution >= 0.6 is 0 Å². The van der Waals surface area contributed by atoms with Crippen LogP contribution in [0.4, 0.5) is 10.5 Å². The van der Waals surface area contributed by atoms with Crippen LogP contribution in [0.15, 0.2) is 24.3 Å². The highest BCUT2D eigenvalue weighted by Crippen LogP contribution is 2.47. The predicted octanol–water partition coefficient (Wildman–Crippen LogP) is 4.14. The van der Waals surface area contributed by atoms with Gasteiger partial charge in [-0.3, -0.25) is 14.9 Å². The Kier molecular flexibility index (Phi) is 17.9. The van der Waals surface area contributed by atoms with Gasteiger partial charge in [-0.05, 0) is 94.8 Å². The maximum Gasteiger partial charge on any atom is 0.414 e. The molecule has 13 heteroatoms. The fraction of sp³-hybridized carbons (Fsp3) is 0.667. The highest BCUT2D eigenvalue weighted by atomic mass is 16.5. The molecule has 0 atom stereocenters. The molecule has 0 heterocycles. The summed E-state index contributed by atoms with van der Waals surface area (Å²) in [6.45, 7) is 9.59. The van der Waals surface area contributed by atoms with Crippen molar-refractivity contribution in [3.63, 3.8) is 0 Å². The van der Waals surface area contributed by atoms with E-state index in [2.05, 4.69) is 24.1 Å². The van der Waals surface area contributed by atoms with Gasteiger partial charge in [-0.25, -0.2) is 14.4 Å². The van der Waals surface area contributed by atoms with Crippen LogP contribution in [0.25, 0.3) is 0 Å². The van der Waals surface area contributed by atoms with E-state index in [0.29, 0.717) is 17.8 Å². The van der Waals surface area contributed by atoms with Crippen LogP contribution in [0, 0.1) is 11.8 Å². The van der Waals surface area contributed by atoms with Gasteiger partial charge in [-0.1, -0.05) is 52.4 Å². The van der Waals surface area contributed by atoms with E-state index < -0.39 is 23.6 Å². The average Bonchev–Trinajstić information content (AvgIpc) is 3.04. The first-order valence-corrected chi connectivity index (χ1v) is 16.4. The molecule has 0 bridgehead atoms. The van der Waals surface area contributed by atoms with Crippen LogP contribution in [-0.2, 0) is 19.1 Å². The number of nitrogens with one attached hydrogen (secondary N) is 1. The van der Waals surface area contributed by atoms with Crippen molar-refractivity contribution >= 4 is 35.5 Å². The van der Waals surface area contributed by atoms with Crippen molar-refractivity contribution in [2.45, 2.75) is 96.9 Å². The van der Waals surface area contributed by atoms with Gasteiger partial charge < -0.3 is 36.0 Å². The minimum absolute atomic E-state index is 0. The summed E-state index contributed by atoms with van der Waals surface area (Å²) >= 11 is 0. The van der Waals surface area contributed by atoms with Crippen LogP contribution in [0.3, 0.4) is 0 Å². The largest absolute Gasteiger partial charge is 0.473 e. The summed E-state index contributed by atoms with van der Waals surface area (Å²) in [6.07, 6.45) is 10.6. The van der Waals surface area contributed by atoms with E-state index in [4.69, 9.17) is 30.3 Å². The lowest BCUT2D eigenvalue weighted by Gasteiger charge is -2.53. The number of benzene rings is 1. The Morgan fingerprint density at radius 2 is 1.30 bits per heavy atom. The van der Waals surface area contributed by atoms with Gasteiger partial charge in [0.1, 0.15) is 5.54 Å². The minimum Gasteiger partial charge on any atom is -0.473 e. The number of amides is 3. The van der Waals surface area contributed by atoms with E-state index in [1.165, 1.54) is 12.8 Å². The number of rotatable bonds is 13. The first-order chi connectivity index (χ1) is 21.5. The number of hydrogen-bond donors (Lipinski definition) is 4. The highest BCUT2D eigenvalue weighted by Gasteiger charge is 2.55. The lowest BCUT2D eigenvalue weighted by atomic mass is 9.62. The molecule has 0 aromatic heterocycles. The zero-order valence-electron chi connectivity index (χ0n) is 27.6. The maximum absolute atomic E-state index is 14.4. The number of nitrogens with two attached hydrogens (primary N) is 1. The van der Waals surface area contributed by atoms with Crippen LogP contribution in [0.2, 0.25) is 0 Å². The molecule has 0 unspecified atom stereocenters. The molecule has 0 aliphatic heterocycles. The van der Waals surface area contributed by atoms with Crippen molar-refractivity contribution in [2.75, 3.05) is 38.1 Å². The fourth-order valence-electron chi connectivity index (χ4n) is 6.98. The molecule has 2 saturated carbocycles. The normalized spacial score (nSPS) is 15.5.